The molecule has 0 saturated carbocycles. The molecule has 2 atom stereocenters. The SMILES string of the molecule is C=C(CC(C)O)C(=O)OCC(CCc1ccc(-c2ccc(-c3ccc(CCCCC)cc3)cc2F)cc1)COC(=O)C(=C)CC(C)O. The summed E-state index contributed by atoms with van der Waals surface area (Å²) < 4.78 is 26.1. The average Bonchev–Trinajstić information content (AvgIpc) is 3.04. The highest BCUT2D eigenvalue weighted by Crippen LogP contribution is 2.29. The smallest absolute Gasteiger partial charge is 0.333 e. The highest BCUT2D eigenvalue weighted by molar-refractivity contribution is 5.88. The van der Waals surface area contributed by atoms with Crippen molar-refractivity contribution in [2.45, 2.75) is 84.3 Å². The number of ether oxygens (including phenoxy) is 2. The first kappa shape index (κ1) is 37.4. The van der Waals surface area contributed by atoms with Crippen molar-refractivity contribution in [3.05, 3.63) is 108 Å². The van der Waals surface area contributed by atoms with Gasteiger partial charge in [0.1, 0.15) is 5.82 Å². The standard InChI is InChI=1S/C40H49FO6/c1-6-7-8-9-31-12-16-34(17-13-31)36-20-21-37(38(41)24-36)35-18-14-32(15-19-35)10-11-33(25-46-39(44)27(2)22-29(4)42)26-47-40(45)28(3)23-30(5)43/h12-21,24,29-30,33,42-43H,2-3,6-11,22-23,25-26H2,1,4-5H3. The Balaban J connectivity index is 1.63. The van der Waals surface area contributed by atoms with Gasteiger partial charge < -0.3 is 19.7 Å². The minimum Gasteiger partial charge on any atom is -0.462 e. The van der Waals surface area contributed by atoms with E-state index in [1.54, 1.807) is 19.9 Å². The molecule has 3 aromatic carbocycles. The largest absolute Gasteiger partial charge is 0.462 e. The summed E-state index contributed by atoms with van der Waals surface area (Å²) in [5.74, 6) is -1.84. The van der Waals surface area contributed by atoms with Crippen LogP contribution in [0.15, 0.2) is 91.0 Å². The fraction of sp³-hybridized carbons (Fsp3) is 0.400. The first-order valence-electron chi connectivity index (χ1n) is 16.5. The van der Waals surface area contributed by atoms with Gasteiger partial charge in [-0.25, -0.2) is 14.0 Å². The maximum Gasteiger partial charge on any atom is 0.333 e. The second kappa shape index (κ2) is 18.9. The summed E-state index contributed by atoms with van der Waals surface area (Å²) >= 11 is 0. The minimum absolute atomic E-state index is 0.00888. The maximum absolute atomic E-state index is 15.3. The van der Waals surface area contributed by atoms with Crippen LogP contribution in [0.2, 0.25) is 0 Å². The van der Waals surface area contributed by atoms with Gasteiger partial charge in [0.15, 0.2) is 0 Å². The molecule has 0 bridgehead atoms. The van der Waals surface area contributed by atoms with E-state index >= 15 is 4.39 Å². The van der Waals surface area contributed by atoms with Gasteiger partial charge >= 0.3 is 11.9 Å². The summed E-state index contributed by atoms with van der Waals surface area (Å²) in [6.07, 6.45) is 4.52. The van der Waals surface area contributed by atoms with Crippen LogP contribution in [0, 0.1) is 11.7 Å². The summed E-state index contributed by atoms with van der Waals surface area (Å²) in [7, 11) is 0. The molecule has 6 nitrogen and oxygen atoms in total. The van der Waals surface area contributed by atoms with E-state index in [0.29, 0.717) is 18.4 Å². The van der Waals surface area contributed by atoms with Gasteiger partial charge in [-0.05, 0) is 73.4 Å². The van der Waals surface area contributed by atoms with Crippen LogP contribution in [0.4, 0.5) is 4.39 Å². The lowest BCUT2D eigenvalue weighted by Gasteiger charge is -2.19. The van der Waals surface area contributed by atoms with E-state index in [4.69, 9.17) is 9.47 Å². The van der Waals surface area contributed by atoms with E-state index in [1.807, 2.05) is 36.4 Å². The number of hydrogen-bond donors (Lipinski definition) is 2. The highest BCUT2D eigenvalue weighted by Gasteiger charge is 2.19. The van der Waals surface area contributed by atoms with Crippen LogP contribution in [0.1, 0.15) is 70.4 Å². The van der Waals surface area contributed by atoms with E-state index in [0.717, 1.165) is 28.7 Å². The maximum atomic E-state index is 15.3. The third kappa shape index (κ3) is 12.6. The molecule has 0 amide bonds. The number of hydrogen-bond acceptors (Lipinski definition) is 6. The molecule has 0 aliphatic rings. The van der Waals surface area contributed by atoms with Gasteiger partial charge in [0.05, 0.1) is 25.4 Å². The molecule has 2 unspecified atom stereocenters. The third-order valence-electron chi connectivity index (χ3n) is 7.99. The van der Waals surface area contributed by atoms with Crippen molar-refractivity contribution in [2.24, 2.45) is 5.92 Å². The van der Waals surface area contributed by atoms with Gasteiger partial charge in [-0.1, -0.05) is 93.6 Å². The number of aryl methyl sites for hydroxylation is 2. The number of unbranched alkanes of at least 4 members (excludes halogenated alkanes) is 2. The average molecular weight is 645 g/mol. The number of aliphatic hydroxyl groups excluding tert-OH is 2. The normalized spacial score (nSPS) is 13.0. The predicted molar refractivity (Wildman–Crippen MR) is 185 cm³/mol. The van der Waals surface area contributed by atoms with E-state index in [2.05, 4.69) is 44.3 Å². The molecule has 252 valence electrons. The molecule has 47 heavy (non-hydrogen) atoms. The molecule has 0 spiro atoms. The Morgan fingerprint density at radius 2 is 1.21 bits per heavy atom. The van der Waals surface area contributed by atoms with E-state index in [9.17, 15) is 19.8 Å². The van der Waals surface area contributed by atoms with Crippen LogP contribution in [0.5, 0.6) is 0 Å². The molecule has 0 aliphatic carbocycles. The van der Waals surface area contributed by atoms with Crippen LogP contribution in [-0.2, 0) is 31.9 Å². The number of benzene rings is 3. The topological polar surface area (TPSA) is 93.1 Å². The Hall–Kier alpha value is -4.07. The Labute approximate surface area is 278 Å². The van der Waals surface area contributed by atoms with Gasteiger partial charge in [-0.2, -0.15) is 0 Å². The number of aliphatic hydroxyl groups is 2. The predicted octanol–water partition coefficient (Wildman–Crippen LogP) is 8.18. The van der Waals surface area contributed by atoms with Gasteiger partial charge in [0.2, 0.25) is 0 Å². The molecular formula is C40H49FO6. The lowest BCUT2D eigenvalue weighted by atomic mass is 9.96. The fourth-order valence-corrected chi connectivity index (χ4v) is 5.28. The first-order valence-corrected chi connectivity index (χ1v) is 16.5. The summed E-state index contributed by atoms with van der Waals surface area (Å²) in [4.78, 5) is 24.7. The summed E-state index contributed by atoms with van der Waals surface area (Å²) in [5, 5.41) is 19.1. The molecule has 0 heterocycles. The summed E-state index contributed by atoms with van der Waals surface area (Å²) in [6.45, 7) is 12.7. The zero-order chi connectivity index (χ0) is 34.3. The van der Waals surface area contributed by atoms with Crippen molar-refractivity contribution < 1.29 is 33.7 Å². The van der Waals surface area contributed by atoms with Gasteiger partial charge in [-0.3, -0.25) is 0 Å². The van der Waals surface area contributed by atoms with E-state index < -0.39 is 24.1 Å². The molecule has 0 saturated heterocycles. The van der Waals surface area contributed by atoms with Crippen molar-refractivity contribution in [1.82, 2.24) is 0 Å². The van der Waals surface area contributed by atoms with Gasteiger partial charge in [0.25, 0.3) is 0 Å². The zero-order valence-electron chi connectivity index (χ0n) is 28.0. The molecule has 3 aromatic rings. The van der Waals surface area contributed by atoms with Crippen molar-refractivity contribution in [3.63, 3.8) is 0 Å². The number of carbonyl (C=O) groups is 2. The summed E-state index contributed by atoms with van der Waals surface area (Å²) in [6, 6.07) is 21.3. The van der Waals surface area contributed by atoms with E-state index in [1.165, 1.54) is 24.8 Å². The van der Waals surface area contributed by atoms with E-state index in [-0.39, 0.29) is 48.9 Å². The zero-order valence-corrected chi connectivity index (χ0v) is 28.0. The van der Waals surface area contributed by atoms with Crippen LogP contribution < -0.4 is 0 Å². The monoisotopic (exact) mass is 644 g/mol. The van der Waals surface area contributed by atoms with Gasteiger partial charge in [0, 0.05) is 35.5 Å². The molecule has 0 fully saturated rings. The Bertz CT molecular complexity index is 1440. The third-order valence-corrected chi connectivity index (χ3v) is 7.99. The van der Waals surface area contributed by atoms with Crippen molar-refractivity contribution >= 4 is 11.9 Å². The number of carbonyl (C=O) groups excluding carboxylic acids is 2. The number of halogens is 1. The minimum atomic E-state index is -0.724. The lowest BCUT2D eigenvalue weighted by molar-refractivity contribution is -0.144. The molecular weight excluding hydrogens is 595 g/mol. The highest BCUT2D eigenvalue weighted by atomic mass is 19.1. The first-order chi connectivity index (χ1) is 22.5. The van der Waals surface area contributed by atoms with Crippen molar-refractivity contribution in [1.29, 1.82) is 0 Å². The van der Waals surface area contributed by atoms with Crippen LogP contribution in [0.25, 0.3) is 22.3 Å². The lowest BCUT2D eigenvalue weighted by Crippen LogP contribution is -2.23. The Morgan fingerprint density at radius 1 is 0.723 bits per heavy atom. The summed E-state index contributed by atoms with van der Waals surface area (Å²) in [5.41, 5.74) is 5.70. The Kier molecular flexibility index (Phi) is 15.1. The number of rotatable bonds is 19. The second-order valence-corrected chi connectivity index (χ2v) is 12.5. The van der Waals surface area contributed by atoms with Crippen LogP contribution in [-0.4, -0.2) is 47.6 Å². The van der Waals surface area contributed by atoms with Crippen molar-refractivity contribution in [3.8, 4) is 22.3 Å². The van der Waals surface area contributed by atoms with Crippen LogP contribution in [0.3, 0.4) is 0 Å². The quantitative estimate of drug-likeness (QED) is 0.0777. The molecule has 0 aromatic heterocycles. The van der Waals surface area contributed by atoms with Gasteiger partial charge in [-0.15, -0.1) is 0 Å². The molecule has 0 radical (unpaired) electrons. The number of esters is 2. The molecule has 7 heteroatoms. The fourth-order valence-electron chi connectivity index (χ4n) is 5.28. The van der Waals surface area contributed by atoms with Crippen LogP contribution >= 0.6 is 0 Å². The second-order valence-electron chi connectivity index (χ2n) is 12.5. The molecule has 0 aliphatic heterocycles. The van der Waals surface area contributed by atoms with Crippen molar-refractivity contribution in [2.75, 3.05) is 13.2 Å². The molecule has 3 rings (SSSR count). The molecule has 2 N–H and O–H groups in total. The Morgan fingerprint density at radius 3 is 1.70 bits per heavy atom.